The van der Waals surface area contributed by atoms with Crippen molar-refractivity contribution in [2.45, 2.75) is 31.7 Å². The van der Waals surface area contributed by atoms with E-state index in [0.29, 0.717) is 5.76 Å². The van der Waals surface area contributed by atoms with Crippen LogP contribution < -0.4 is 10.7 Å². The van der Waals surface area contributed by atoms with E-state index in [0.717, 1.165) is 25.7 Å². The van der Waals surface area contributed by atoms with Crippen LogP contribution in [0, 0.1) is 0 Å². The highest BCUT2D eigenvalue weighted by Crippen LogP contribution is 2.17. The lowest BCUT2D eigenvalue weighted by molar-refractivity contribution is -0.139. The van der Waals surface area contributed by atoms with Gasteiger partial charge in [-0.3, -0.25) is 9.59 Å². The van der Waals surface area contributed by atoms with Crippen molar-refractivity contribution in [3.05, 3.63) is 24.2 Å². The molecular formula is C12H15N3O3. The molecule has 0 bridgehead atoms. The molecule has 1 aliphatic rings. The van der Waals surface area contributed by atoms with Crippen molar-refractivity contribution in [3.63, 3.8) is 0 Å². The third-order valence-electron chi connectivity index (χ3n) is 2.80. The van der Waals surface area contributed by atoms with Gasteiger partial charge in [0.25, 0.3) is 0 Å². The van der Waals surface area contributed by atoms with Crippen LogP contribution in [0.5, 0.6) is 0 Å². The van der Waals surface area contributed by atoms with Crippen molar-refractivity contribution in [1.82, 2.24) is 10.7 Å². The summed E-state index contributed by atoms with van der Waals surface area (Å²) in [5.74, 6) is -0.894. The van der Waals surface area contributed by atoms with Crippen LogP contribution in [-0.4, -0.2) is 24.1 Å². The predicted octanol–water partition coefficient (Wildman–Crippen LogP) is 0.788. The molecule has 1 aromatic heterocycles. The van der Waals surface area contributed by atoms with E-state index < -0.39 is 11.8 Å². The van der Waals surface area contributed by atoms with Gasteiger partial charge in [0.15, 0.2) is 0 Å². The molecule has 1 heterocycles. The maximum Gasteiger partial charge on any atom is 0.329 e. The van der Waals surface area contributed by atoms with Crippen molar-refractivity contribution in [3.8, 4) is 0 Å². The van der Waals surface area contributed by atoms with Gasteiger partial charge in [0.2, 0.25) is 0 Å². The normalized spacial score (nSPS) is 16.0. The molecule has 1 aromatic rings. The largest absolute Gasteiger partial charge is 0.463 e. The first kappa shape index (κ1) is 12.3. The third kappa shape index (κ3) is 3.44. The fraction of sp³-hybridized carbons (Fsp3) is 0.417. The van der Waals surface area contributed by atoms with Crippen molar-refractivity contribution >= 4 is 18.0 Å². The first-order chi connectivity index (χ1) is 8.75. The zero-order chi connectivity index (χ0) is 12.8. The van der Waals surface area contributed by atoms with E-state index in [1.165, 1.54) is 12.5 Å². The topological polar surface area (TPSA) is 83.7 Å². The number of rotatable bonds is 3. The van der Waals surface area contributed by atoms with E-state index in [4.69, 9.17) is 4.42 Å². The highest BCUT2D eigenvalue weighted by molar-refractivity contribution is 6.35. The van der Waals surface area contributed by atoms with Crippen LogP contribution in [0.3, 0.4) is 0 Å². The Hall–Kier alpha value is -2.11. The Bertz CT molecular complexity index is 433. The second-order valence-corrected chi connectivity index (χ2v) is 4.17. The Labute approximate surface area is 104 Å². The number of nitrogens with one attached hydrogen (secondary N) is 2. The average molecular weight is 249 g/mol. The summed E-state index contributed by atoms with van der Waals surface area (Å²) in [5.41, 5.74) is 2.15. The molecule has 96 valence electrons. The summed E-state index contributed by atoms with van der Waals surface area (Å²) in [6.45, 7) is 0. The Balaban J connectivity index is 1.75. The number of carbonyl (C=O) groups is 2. The summed E-state index contributed by atoms with van der Waals surface area (Å²) in [4.78, 5) is 22.9. The van der Waals surface area contributed by atoms with Gasteiger partial charge in [-0.2, -0.15) is 5.10 Å². The molecule has 1 saturated carbocycles. The lowest BCUT2D eigenvalue weighted by atomic mass is 10.2. The van der Waals surface area contributed by atoms with E-state index in [9.17, 15) is 9.59 Å². The summed E-state index contributed by atoms with van der Waals surface area (Å²) in [6.07, 6.45) is 6.91. The van der Waals surface area contributed by atoms with Gasteiger partial charge in [0.05, 0.1) is 12.5 Å². The molecule has 0 atom stereocenters. The Morgan fingerprint density at radius 3 is 2.78 bits per heavy atom. The smallest absolute Gasteiger partial charge is 0.329 e. The van der Waals surface area contributed by atoms with Crippen LogP contribution in [-0.2, 0) is 9.59 Å². The Morgan fingerprint density at radius 1 is 1.33 bits per heavy atom. The van der Waals surface area contributed by atoms with Gasteiger partial charge in [0.1, 0.15) is 5.76 Å². The zero-order valence-electron chi connectivity index (χ0n) is 9.89. The lowest BCUT2D eigenvalue weighted by Gasteiger charge is -2.09. The fourth-order valence-corrected chi connectivity index (χ4v) is 1.89. The minimum Gasteiger partial charge on any atom is -0.463 e. The number of nitrogens with zero attached hydrogens (tertiary/aromatic N) is 1. The van der Waals surface area contributed by atoms with E-state index in [1.54, 1.807) is 12.1 Å². The number of amides is 2. The first-order valence-electron chi connectivity index (χ1n) is 5.93. The Morgan fingerprint density at radius 2 is 2.11 bits per heavy atom. The number of hydrazone groups is 1. The molecule has 2 amide bonds. The van der Waals surface area contributed by atoms with Crippen LogP contribution in [0.15, 0.2) is 27.9 Å². The maximum atomic E-state index is 11.5. The molecule has 0 saturated heterocycles. The van der Waals surface area contributed by atoms with Gasteiger partial charge in [0, 0.05) is 6.04 Å². The number of hydrogen-bond acceptors (Lipinski definition) is 4. The molecule has 0 spiro atoms. The molecule has 0 aromatic carbocycles. The maximum absolute atomic E-state index is 11.5. The monoisotopic (exact) mass is 249 g/mol. The van der Waals surface area contributed by atoms with E-state index >= 15 is 0 Å². The molecule has 2 rings (SSSR count). The van der Waals surface area contributed by atoms with Crippen molar-refractivity contribution in [2.24, 2.45) is 5.10 Å². The van der Waals surface area contributed by atoms with E-state index in [2.05, 4.69) is 15.8 Å². The predicted molar refractivity (Wildman–Crippen MR) is 64.8 cm³/mol. The first-order valence-corrected chi connectivity index (χ1v) is 5.93. The van der Waals surface area contributed by atoms with Gasteiger partial charge < -0.3 is 9.73 Å². The molecule has 0 radical (unpaired) electrons. The quantitative estimate of drug-likeness (QED) is 0.472. The minimum absolute atomic E-state index is 0.123. The molecule has 0 unspecified atom stereocenters. The van der Waals surface area contributed by atoms with Crippen molar-refractivity contribution in [2.75, 3.05) is 0 Å². The summed E-state index contributed by atoms with van der Waals surface area (Å²) < 4.78 is 4.98. The molecular weight excluding hydrogens is 234 g/mol. The lowest BCUT2D eigenvalue weighted by Crippen LogP contribution is -2.42. The van der Waals surface area contributed by atoms with Crippen molar-refractivity contribution in [1.29, 1.82) is 0 Å². The van der Waals surface area contributed by atoms with E-state index in [1.807, 2.05) is 0 Å². The fourth-order valence-electron chi connectivity index (χ4n) is 1.89. The Kier molecular flexibility index (Phi) is 4.11. The average Bonchev–Trinajstić information content (AvgIpc) is 3.01. The molecule has 6 nitrogen and oxygen atoms in total. The van der Waals surface area contributed by atoms with Crippen LogP contribution >= 0.6 is 0 Å². The molecule has 18 heavy (non-hydrogen) atoms. The zero-order valence-corrected chi connectivity index (χ0v) is 9.89. The number of hydrogen-bond donors (Lipinski definition) is 2. The van der Waals surface area contributed by atoms with Crippen LogP contribution in [0.2, 0.25) is 0 Å². The second-order valence-electron chi connectivity index (χ2n) is 4.17. The molecule has 1 fully saturated rings. The summed E-state index contributed by atoms with van der Waals surface area (Å²) in [5, 5.41) is 6.30. The summed E-state index contributed by atoms with van der Waals surface area (Å²) >= 11 is 0. The molecule has 1 aliphatic carbocycles. The second kappa shape index (κ2) is 6.00. The van der Waals surface area contributed by atoms with Gasteiger partial charge in [-0.25, -0.2) is 5.43 Å². The SMILES string of the molecule is O=C(N/N=C\c1ccco1)C(=O)NC1CCCC1. The molecule has 0 aliphatic heterocycles. The number of furan rings is 1. The number of carbonyl (C=O) groups excluding carboxylic acids is 2. The van der Waals surface area contributed by atoms with Crippen molar-refractivity contribution < 1.29 is 14.0 Å². The molecule has 2 N–H and O–H groups in total. The van der Waals surface area contributed by atoms with Gasteiger partial charge in [-0.05, 0) is 25.0 Å². The van der Waals surface area contributed by atoms with Crippen LogP contribution in [0.25, 0.3) is 0 Å². The van der Waals surface area contributed by atoms with Gasteiger partial charge in [-0.15, -0.1) is 0 Å². The summed E-state index contributed by atoms with van der Waals surface area (Å²) in [7, 11) is 0. The molecule has 6 heteroatoms. The van der Waals surface area contributed by atoms with Gasteiger partial charge >= 0.3 is 11.8 Å². The van der Waals surface area contributed by atoms with E-state index in [-0.39, 0.29) is 6.04 Å². The van der Waals surface area contributed by atoms with Crippen LogP contribution in [0.4, 0.5) is 0 Å². The highest BCUT2D eigenvalue weighted by Gasteiger charge is 2.20. The highest BCUT2D eigenvalue weighted by atomic mass is 16.3. The standard InChI is InChI=1S/C12H15N3O3/c16-11(14-9-4-1-2-5-9)12(17)15-13-8-10-6-3-7-18-10/h3,6-9H,1-2,4-5H2,(H,14,16)(H,15,17)/b13-8-. The summed E-state index contributed by atoms with van der Waals surface area (Å²) in [6, 6.07) is 3.52. The third-order valence-corrected chi connectivity index (χ3v) is 2.80. The van der Waals surface area contributed by atoms with Crippen LogP contribution in [0.1, 0.15) is 31.4 Å². The minimum atomic E-state index is -0.760. The van der Waals surface area contributed by atoms with Gasteiger partial charge in [-0.1, -0.05) is 12.8 Å².